The van der Waals surface area contributed by atoms with E-state index in [4.69, 9.17) is 0 Å². The Morgan fingerprint density at radius 3 is 2.70 bits per heavy atom. The first-order chi connectivity index (χ1) is 14.6. The number of nitrogens with zero attached hydrogens (tertiary/aromatic N) is 2. The molecule has 3 aromatic rings. The minimum absolute atomic E-state index is 0.0103. The fraction of sp³-hybridized carbons (Fsp3) is 0.375. The average Bonchev–Trinajstić information content (AvgIpc) is 2.90. The van der Waals surface area contributed by atoms with E-state index < -0.39 is 0 Å². The number of carbonyl (C=O) groups excluding carboxylic acids is 1. The maximum atomic E-state index is 13.1. The summed E-state index contributed by atoms with van der Waals surface area (Å²) in [6.07, 6.45) is 1.75. The summed E-state index contributed by atoms with van der Waals surface area (Å²) >= 11 is 0. The second-order valence-corrected chi connectivity index (χ2v) is 8.00. The Labute approximate surface area is 176 Å². The number of carbonyl (C=O) groups is 1. The minimum Gasteiger partial charge on any atom is -0.358 e. The number of amides is 2. The predicted molar refractivity (Wildman–Crippen MR) is 118 cm³/mol. The molecule has 5 nitrogen and oxygen atoms in total. The van der Waals surface area contributed by atoms with E-state index in [1.807, 2.05) is 29.2 Å². The SMILES string of the molecule is Cc1[nH]c2ccccc2c1CCNC(=O)N1CCCN(Cc2ccc(F)cc2)CC1. The third kappa shape index (κ3) is 4.82. The van der Waals surface area contributed by atoms with E-state index in [1.165, 1.54) is 23.1 Å². The van der Waals surface area contributed by atoms with Crippen molar-refractivity contribution in [3.63, 3.8) is 0 Å². The van der Waals surface area contributed by atoms with Crippen molar-refractivity contribution >= 4 is 16.9 Å². The third-order valence-electron chi connectivity index (χ3n) is 5.87. The molecule has 2 N–H and O–H groups in total. The Bertz CT molecular complexity index is 998. The number of nitrogens with one attached hydrogen (secondary N) is 2. The zero-order chi connectivity index (χ0) is 20.9. The topological polar surface area (TPSA) is 51.4 Å². The van der Waals surface area contributed by atoms with Crippen LogP contribution in [-0.2, 0) is 13.0 Å². The van der Waals surface area contributed by atoms with Crippen LogP contribution >= 0.6 is 0 Å². The molecule has 2 heterocycles. The van der Waals surface area contributed by atoms with Crippen molar-refractivity contribution in [1.82, 2.24) is 20.1 Å². The Morgan fingerprint density at radius 2 is 1.87 bits per heavy atom. The second kappa shape index (κ2) is 9.30. The normalized spacial score (nSPS) is 15.3. The number of hydrogen-bond donors (Lipinski definition) is 2. The quantitative estimate of drug-likeness (QED) is 0.669. The number of aromatic amines is 1. The number of halogens is 1. The summed E-state index contributed by atoms with van der Waals surface area (Å²) in [7, 11) is 0. The van der Waals surface area contributed by atoms with Crippen LogP contribution in [0.1, 0.15) is 23.2 Å². The van der Waals surface area contributed by atoms with Crippen LogP contribution in [0, 0.1) is 12.7 Å². The molecule has 0 saturated carbocycles. The van der Waals surface area contributed by atoms with Gasteiger partial charge in [-0.25, -0.2) is 9.18 Å². The summed E-state index contributed by atoms with van der Waals surface area (Å²) in [5, 5.41) is 4.33. The van der Waals surface area contributed by atoms with E-state index in [-0.39, 0.29) is 11.8 Å². The highest BCUT2D eigenvalue weighted by Gasteiger charge is 2.19. The van der Waals surface area contributed by atoms with Gasteiger partial charge in [0.15, 0.2) is 0 Å². The lowest BCUT2D eigenvalue weighted by molar-refractivity contribution is 0.198. The second-order valence-electron chi connectivity index (χ2n) is 8.00. The maximum Gasteiger partial charge on any atom is 0.317 e. The number of H-pyrrole nitrogens is 1. The van der Waals surface area contributed by atoms with E-state index in [1.54, 1.807) is 0 Å². The van der Waals surface area contributed by atoms with Crippen LogP contribution in [0.2, 0.25) is 0 Å². The van der Waals surface area contributed by atoms with E-state index in [0.717, 1.165) is 55.8 Å². The van der Waals surface area contributed by atoms with Crippen LogP contribution < -0.4 is 5.32 Å². The number of fused-ring (bicyclic) bond motifs is 1. The smallest absolute Gasteiger partial charge is 0.317 e. The van der Waals surface area contributed by atoms with Gasteiger partial charge in [0.25, 0.3) is 0 Å². The number of aryl methyl sites for hydroxylation is 1. The molecule has 0 unspecified atom stereocenters. The zero-order valence-corrected chi connectivity index (χ0v) is 17.5. The van der Waals surface area contributed by atoms with Gasteiger partial charge in [-0.2, -0.15) is 0 Å². The molecule has 1 aromatic heterocycles. The monoisotopic (exact) mass is 408 g/mol. The zero-order valence-electron chi connectivity index (χ0n) is 17.5. The standard InChI is InChI=1S/C24H29FN4O/c1-18-21(22-5-2-3-6-23(22)27-18)11-12-26-24(30)29-14-4-13-28(15-16-29)17-19-7-9-20(25)10-8-19/h2-3,5-10,27H,4,11-17H2,1H3,(H,26,30). The summed E-state index contributed by atoms with van der Waals surface area (Å²) < 4.78 is 13.1. The van der Waals surface area contributed by atoms with Gasteiger partial charge in [0, 0.05) is 55.9 Å². The Kier molecular flexibility index (Phi) is 6.33. The number of benzene rings is 2. The summed E-state index contributed by atoms with van der Waals surface area (Å²) in [5.41, 5.74) is 4.68. The first kappa shape index (κ1) is 20.4. The maximum absolute atomic E-state index is 13.1. The number of aromatic nitrogens is 1. The molecule has 1 aliphatic heterocycles. The molecule has 4 rings (SSSR count). The number of rotatable bonds is 5. The molecule has 0 radical (unpaired) electrons. The Hall–Kier alpha value is -2.86. The summed E-state index contributed by atoms with van der Waals surface area (Å²) in [4.78, 5) is 20.3. The van der Waals surface area contributed by atoms with Crippen molar-refractivity contribution in [1.29, 1.82) is 0 Å². The molecule has 30 heavy (non-hydrogen) atoms. The van der Waals surface area contributed by atoms with Crippen molar-refractivity contribution < 1.29 is 9.18 Å². The number of para-hydroxylation sites is 1. The predicted octanol–water partition coefficient (Wildman–Crippen LogP) is 4.08. The molecule has 1 saturated heterocycles. The van der Waals surface area contributed by atoms with E-state index in [9.17, 15) is 9.18 Å². The van der Waals surface area contributed by atoms with E-state index in [0.29, 0.717) is 13.1 Å². The fourth-order valence-electron chi connectivity index (χ4n) is 4.24. The molecule has 0 aliphatic carbocycles. The number of urea groups is 1. The first-order valence-corrected chi connectivity index (χ1v) is 10.7. The lowest BCUT2D eigenvalue weighted by atomic mass is 10.1. The van der Waals surface area contributed by atoms with Crippen molar-refractivity contribution in [2.24, 2.45) is 0 Å². The largest absolute Gasteiger partial charge is 0.358 e. The average molecular weight is 409 g/mol. The summed E-state index contributed by atoms with van der Waals surface area (Å²) in [5.74, 6) is -0.208. The van der Waals surface area contributed by atoms with Gasteiger partial charge in [0.05, 0.1) is 0 Å². The molecule has 0 atom stereocenters. The Balaban J connectivity index is 1.26. The van der Waals surface area contributed by atoms with Crippen LogP contribution in [0.25, 0.3) is 10.9 Å². The highest BCUT2D eigenvalue weighted by atomic mass is 19.1. The first-order valence-electron chi connectivity index (χ1n) is 10.7. The van der Waals surface area contributed by atoms with Crippen LogP contribution in [0.5, 0.6) is 0 Å². The molecular weight excluding hydrogens is 379 g/mol. The minimum atomic E-state index is -0.208. The van der Waals surface area contributed by atoms with E-state index in [2.05, 4.69) is 34.3 Å². The molecule has 6 heteroatoms. The van der Waals surface area contributed by atoms with Crippen molar-refractivity contribution in [2.75, 3.05) is 32.7 Å². The fourth-order valence-corrected chi connectivity index (χ4v) is 4.24. The van der Waals surface area contributed by atoms with Crippen molar-refractivity contribution in [3.05, 3.63) is 71.2 Å². The molecule has 1 aliphatic rings. The molecule has 1 fully saturated rings. The van der Waals surface area contributed by atoms with Gasteiger partial charge in [-0.05, 0) is 49.1 Å². The van der Waals surface area contributed by atoms with Crippen LogP contribution in [-0.4, -0.2) is 53.5 Å². The third-order valence-corrected chi connectivity index (χ3v) is 5.87. The molecule has 0 spiro atoms. The molecule has 2 amide bonds. The van der Waals surface area contributed by atoms with Gasteiger partial charge in [0.1, 0.15) is 5.82 Å². The van der Waals surface area contributed by atoms with E-state index >= 15 is 0 Å². The molecule has 0 bridgehead atoms. The molecular formula is C24H29FN4O. The van der Waals surface area contributed by atoms with Crippen LogP contribution in [0.15, 0.2) is 48.5 Å². The highest BCUT2D eigenvalue weighted by molar-refractivity contribution is 5.84. The van der Waals surface area contributed by atoms with Crippen LogP contribution in [0.3, 0.4) is 0 Å². The van der Waals surface area contributed by atoms with Crippen molar-refractivity contribution in [3.8, 4) is 0 Å². The summed E-state index contributed by atoms with van der Waals surface area (Å²) in [6.45, 7) is 6.73. The van der Waals surface area contributed by atoms with Gasteiger partial charge in [-0.1, -0.05) is 30.3 Å². The highest BCUT2D eigenvalue weighted by Crippen LogP contribution is 2.22. The van der Waals surface area contributed by atoms with Gasteiger partial charge in [-0.3, -0.25) is 4.90 Å². The molecule has 2 aromatic carbocycles. The summed E-state index contributed by atoms with van der Waals surface area (Å²) in [6, 6.07) is 15.0. The van der Waals surface area contributed by atoms with Gasteiger partial charge in [-0.15, -0.1) is 0 Å². The van der Waals surface area contributed by atoms with Crippen LogP contribution in [0.4, 0.5) is 9.18 Å². The van der Waals surface area contributed by atoms with Gasteiger partial charge >= 0.3 is 6.03 Å². The van der Waals surface area contributed by atoms with Crippen molar-refractivity contribution in [2.45, 2.75) is 26.3 Å². The lowest BCUT2D eigenvalue weighted by Crippen LogP contribution is -2.42. The number of hydrogen-bond acceptors (Lipinski definition) is 2. The Morgan fingerprint density at radius 1 is 1.07 bits per heavy atom. The van der Waals surface area contributed by atoms with Gasteiger partial charge in [0.2, 0.25) is 0 Å². The van der Waals surface area contributed by atoms with Gasteiger partial charge < -0.3 is 15.2 Å². The lowest BCUT2D eigenvalue weighted by Gasteiger charge is -2.22. The molecule has 158 valence electrons.